The standard InChI is InChI=1S/C21H30N2O3/c1-16-8-9-19(26-2)18(14-16)15-20(24)22-10-12-23(13-11-22)21(25)17-6-4-3-5-7-17/h8-9,14,17H,3-7,10-13,15H2,1-2H3. The molecule has 1 aliphatic carbocycles. The fourth-order valence-corrected chi connectivity index (χ4v) is 4.10. The lowest BCUT2D eigenvalue weighted by Crippen LogP contribution is -2.52. The molecule has 5 nitrogen and oxygen atoms in total. The molecule has 2 fully saturated rings. The van der Waals surface area contributed by atoms with E-state index in [1.807, 2.05) is 34.9 Å². The highest BCUT2D eigenvalue weighted by Crippen LogP contribution is 2.26. The van der Waals surface area contributed by atoms with Crippen molar-refractivity contribution in [2.75, 3.05) is 33.3 Å². The molecular formula is C21H30N2O3. The number of hydrogen-bond acceptors (Lipinski definition) is 3. The molecule has 1 aromatic rings. The molecule has 0 spiro atoms. The smallest absolute Gasteiger partial charge is 0.227 e. The molecular weight excluding hydrogens is 328 g/mol. The Balaban J connectivity index is 1.53. The van der Waals surface area contributed by atoms with Crippen LogP contribution in [0.25, 0.3) is 0 Å². The largest absolute Gasteiger partial charge is 0.496 e. The molecule has 5 heteroatoms. The van der Waals surface area contributed by atoms with Crippen LogP contribution in [0.3, 0.4) is 0 Å². The molecule has 0 aromatic heterocycles. The first kappa shape index (κ1) is 18.7. The van der Waals surface area contributed by atoms with Gasteiger partial charge in [0.1, 0.15) is 5.75 Å². The highest BCUT2D eigenvalue weighted by atomic mass is 16.5. The van der Waals surface area contributed by atoms with Gasteiger partial charge in [0.25, 0.3) is 0 Å². The van der Waals surface area contributed by atoms with Crippen molar-refractivity contribution in [3.63, 3.8) is 0 Å². The first-order valence-corrected chi connectivity index (χ1v) is 9.78. The number of carbonyl (C=O) groups is 2. The molecule has 1 aromatic carbocycles. The molecule has 26 heavy (non-hydrogen) atoms. The lowest BCUT2D eigenvalue weighted by atomic mass is 9.88. The van der Waals surface area contributed by atoms with Crippen molar-refractivity contribution in [2.45, 2.75) is 45.4 Å². The van der Waals surface area contributed by atoms with Crippen LogP contribution < -0.4 is 4.74 Å². The summed E-state index contributed by atoms with van der Waals surface area (Å²) < 4.78 is 5.38. The van der Waals surface area contributed by atoms with Gasteiger partial charge in [0.15, 0.2) is 0 Å². The van der Waals surface area contributed by atoms with Gasteiger partial charge < -0.3 is 14.5 Å². The minimum Gasteiger partial charge on any atom is -0.496 e. The van der Waals surface area contributed by atoms with Crippen molar-refractivity contribution >= 4 is 11.8 Å². The predicted molar refractivity (Wildman–Crippen MR) is 101 cm³/mol. The third-order valence-electron chi connectivity index (χ3n) is 5.68. The monoisotopic (exact) mass is 358 g/mol. The Kier molecular flexibility index (Phi) is 6.17. The van der Waals surface area contributed by atoms with Gasteiger partial charge in [0, 0.05) is 37.7 Å². The van der Waals surface area contributed by atoms with Crippen molar-refractivity contribution in [2.24, 2.45) is 5.92 Å². The van der Waals surface area contributed by atoms with Crippen LogP contribution in [-0.4, -0.2) is 54.9 Å². The second-order valence-electron chi connectivity index (χ2n) is 7.53. The minimum absolute atomic E-state index is 0.110. The minimum atomic E-state index is 0.110. The molecule has 0 atom stereocenters. The topological polar surface area (TPSA) is 49.9 Å². The summed E-state index contributed by atoms with van der Waals surface area (Å²) in [4.78, 5) is 29.2. The predicted octanol–water partition coefficient (Wildman–Crippen LogP) is 2.80. The second-order valence-corrected chi connectivity index (χ2v) is 7.53. The van der Waals surface area contributed by atoms with E-state index in [-0.39, 0.29) is 11.8 Å². The Morgan fingerprint density at radius 1 is 1.04 bits per heavy atom. The van der Waals surface area contributed by atoms with Crippen LogP contribution in [-0.2, 0) is 16.0 Å². The average Bonchev–Trinajstić information content (AvgIpc) is 2.68. The number of rotatable bonds is 4. The number of amides is 2. The van der Waals surface area contributed by atoms with E-state index in [1.165, 1.54) is 19.3 Å². The van der Waals surface area contributed by atoms with E-state index < -0.39 is 0 Å². The van der Waals surface area contributed by atoms with E-state index in [2.05, 4.69) is 0 Å². The maximum Gasteiger partial charge on any atom is 0.227 e. The SMILES string of the molecule is COc1ccc(C)cc1CC(=O)N1CCN(C(=O)C2CCCCC2)CC1. The number of ether oxygens (including phenoxy) is 1. The fraction of sp³-hybridized carbons (Fsp3) is 0.619. The van der Waals surface area contributed by atoms with Crippen LogP contribution >= 0.6 is 0 Å². The van der Waals surface area contributed by atoms with Gasteiger partial charge in [-0.2, -0.15) is 0 Å². The quantitative estimate of drug-likeness (QED) is 0.832. The molecule has 142 valence electrons. The Morgan fingerprint density at radius 2 is 1.69 bits per heavy atom. The van der Waals surface area contributed by atoms with Gasteiger partial charge in [-0.1, -0.05) is 37.0 Å². The van der Waals surface area contributed by atoms with Gasteiger partial charge in [0.05, 0.1) is 13.5 Å². The molecule has 0 N–H and O–H groups in total. The second kappa shape index (κ2) is 8.56. The van der Waals surface area contributed by atoms with Gasteiger partial charge in [-0.25, -0.2) is 0 Å². The van der Waals surface area contributed by atoms with Crippen molar-refractivity contribution in [1.82, 2.24) is 9.80 Å². The van der Waals surface area contributed by atoms with E-state index in [9.17, 15) is 9.59 Å². The maximum absolute atomic E-state index is 12.7. The summed E-state index contributed by atoms with van der Waals surface area (Å²) >= 11 is 0. The van der Waals surface area contributed by atoms with Crippen molar-refractivity contribution in [1.29, 1.82) is 0 Å². The zero-order chi connectivity index (χ0) is 18.5. The first-order valence-electron chi connectivity index (χ1n) is 9.78. The van der Waals surface area contributed by atoms with E-state index >= 15 is 0 Å². The van der Waals surface area contributed by atoms with Gasteiger partial charge in [0.2, 0.25) is 11.8 Å². The molecule has 1 aliphatic heterocycles. The summed E-state index contributed by atoms with van der Waals surface area (Å²) in [6, 6.07) is 5.92. The van der Waals surface area contributed by atoms with E-state index in [0.29, 0.717) is 38.5 Å². The molecule has 0 unspecified atom stereocenters. The Hall–Kier alpha value is -2.04. The molecule has 3 rings (SSSR count). The number of carbonyl (C=O) groups excluding carboxylic acids is 2. The van der Waals surface area contributed by atoms with Crippen LogP contribution in [0.15, 0.2) is 18.2 Å². The van der Waals surface area contributed by atoms with Crippen LogP contribution in [0, 0.1) is 12.8 Å². The van der Waals surface area contributed by atoms with E-state index in [1.54, 1.807) is 7.11 Å². The lowest BCUT2D eigenvalue weighted by Gasteiger charge is -2.37. The first-order chi connectivity index (χ1) is 12.6. The molecule has 2 aliphatic rings. The fourth-order valence-electron chi connectivity index (χ4n) is 4.10. The van der Waals surface area contributed by atoms with Crippen LogP contribution in [0.2, 0.25) is 0 Å². The number of piperazine rings is 1. The van der Waals surface area contributed by atoms with Gasteiger partial charge in [-0.15, -0.1) is 0 Å². The van der Waals surface area contributed by atoms with Gasteiger partial charge in [-0.05, 0) is 25.8 Å². The Morgan fingerprint density at radius 3 is 2.35 bits per heavy atom. The summed E-state index contributed by atoms with van der Waals surface area (Å²) in [5, 5.41) is 0. The van der Waals surface area contributed by atoms with E-state index in [0.717, 1.165) is 29.7 Å². The molecule has 1 heterocycles. The summed E-state index contributed by atoms with van der Waals surface area (Å²) in [6.45, 7) is 4.60. The molecule has 0 bridgehead atoms. The number of methoxy groups -OCH3 is 1. The average molecular weight is 358 g/mol. The number of nitrogens with zero attached hydrogens (tertiary/aromatic N) is 2. The maximum atomic E-state index is 12.7. The molecule has 0 radical (unpaired) electrons. The summed E-state index contributed by atoms with van der Waals surface area (Å²) in [5.41, 5.74) is 2.05. The van der Waals surface area contributed by atoms with Crippen LogP contribution in [0.1, 0.15) is 43.2 Å². The highest BCUT2D eigenvalue weighted by Gasteiger charge is 2.29. The van der Waals surface area contributed by atoms with Crippen molar-refractivity contribution < 1.29 is 14.3 Å². The van der Waals surface area contributed by atoms with Gasteiger partial charge in [-0.3, -0.25) is 9.59 Å². The molecule has 1 saturated carbocycles. The van der Waals surface area contributed by atoms with Gasteiger partial charge >= 0.3 is 0 Å². The third-order valence-corrected chi connectivity index (χ3v) is 5.68. The van der Waals surface area contributed by atoms with E-state index in [4.69, 9.17) is 4.74 Å². The highest BCUT2D eigenvalue weighted by molar-refractivity contribution is 5.81. The molecule has 1 saturated heterocycles. The number of benzene rings is 1. The van der Waals surface area contributed by atoms with Crippen molar-refractivity contribution in [3.05, 3.63) is 29.3 Å². The third kappa shape index (κ3) is 4.37. The zero-order valence-electron chi connectivity index (χ0n) is 16.0. The lowest BCUT2D eigenvalue weighted by molar-refractivity contribution is -0.142. The summed E-state index contributed by atoms with van der Waals surface area (Å²) in [7, 11) is 1.63. The van der Waals surface area contributed by atoms with Crippen molar-refractivity contribution in [3.8, 4) is 5.75 Å². The van der Waals surface area contributed by atoms with Crippen LogP contribution in [0.4, 0.5) is 0 Å². The Labute approximate surface area is 156 Å². The number of hydrogen-bond donors (Lipinski definition) is 0. The zero-order valence-corrected chi connectivity index (χ0v) is 16.0. The number of aryl methyl sites for hydroxylation is 1. The summed E-state index contributed by atoms with van der Waals surface area (Å²) in [5.74, 6) is 1.38. The summed E-state index contributed by atoms with van der Waals surface area (Å²) in [6.07, 6.45) is 6.02. The normalized spacial score (nSPS) is 18.7. The molecule has 2 amide bonds. The Bertz CT molecular complexity index is 645. The van der Waals surface area contributed by atoms with Crippen LogP contribution in [0.5, 0.6) is 5.75 Å².